The highest BCUT2D eigenvalue weighted by Gasteiger charge is 2.13. The van der Waals surface area contributed by atoms with Gasteiger partial charge in [-0.15, -0.1) is 11.6 Å². The molecule has 0 N–H and O–H groups in total. The van der Waals surface area contributed by atoms with Crippen LogP contribution in [0.15, 0.2) is 6.07 Å². The quantitative estimate of drug-likeness (QED) is 0.476. The van der Waals surface area contributed by atoms with Gasteiger partial charge in [0.1, 0.15) is 5.82 Å². The van der Waals surface area contributed by atoms with E-state index < -0.39 is 17.5 Å². The number of benzene rings is 1. The van der Waals surface area contributed by atoms with Crippen LogP contribution in [0.5, 0.6) is 0 Å². The van der Waals surface area contributed by atoms with Crippen molar-refractivity contribution in [1.29, 1.82) is 0 Å². The van der Waals surface area contributed by atoms with Crippen LogP contribution in [-0.4, -0.2) is 0 Å². The zero-order chi connectivity index (χ0) is 9.30. The molecule has 1 aromatic rings. The lowest BCUT2D eigenvalue weighted by atomic mass is 10.1. The predicted octanol–water partition coefficient (Wildman–Crippen LogP) is 3.15. The molecule has 0 bridgehead atoms. The molecule has 66 valence electrons. The molecule has 0 fully saturated rings. The number of rotatable bonds is 1. The molecule has 1 rings (SSSR count). The van der Waals surface area contributed by atoms with E-state index in [0.717, 1.165) is 0 Å². The molecule has 0 saturated carbocycles. The normalized spacial score (nSPS) is 10.4. The fraction of sp³-hybridized carbons (Fsp3) is 0.250. The van der Waals surface area contributed by atoms with Gasteiger partial charge in [-0.1, -0.05) is 0 Å². The van der Waals surface area contributed by atoms with E-state index in [1.807, 2.05) is 0 Å². The van der Waals surface area contributed by atoms with Crippen molar-refractivity contribution in [3.05, 3.63) is 34.6 Å². The van der Waals surface area contributed by atoms with Crippen molar-refractivity contribution in [3.63, 3.8) is 0 Å². The average molecular weight is 195 g/mol. The predicted molar refractivity (Wildman–Crippen MR) is 40.6 cm³/mol. The molecule has 0 amide bonds. The Balaban J connectivity index is 3.40. The molecule has 12 heavy (non-hydrogen) atoms. The van der Waals surface area contributed by atoms with Gasteiger partial charge in [0.15, 0.2) is 11.6 Å². The van der Waals surface area contributed by atoms with Crippen molar-refractivity contribution in [1.82, 2.24) is 0 Å². The van der Waals surface area contributed by atoms with Gasteiger partial charge < -0.3 is 0 Å². The molecule has 0 radical (unpaired) electrons. The van der Waals surface area contributed by atoms with Crippen LogP contribution in [0.3, 0.4) is 0 Å². The van der Waals surface area contributed by atoms with Gasteiger partial charge in [-0.25, -0.2) is 13.2 Å². The molecular weight excluding hydrogens is 189 g/mol. The van der Waals surface area contributed by atoms with E-state index >= 15 is 0 Å². The first-order chi connectivity index (χ1) is 5.57. The minimum atomic E-state index is -1.18. The monoisotopic (exact) mass is 194 g/mol. The van der Waals surface area contributed by atoms with E-state index in [4.69, 9.17) is 11.6 Å². The Hall–Kier alpha value is -0.700. The third-order valence-electron chi connectivity index (χ3n) is 1.67. The molecule has 0 atom stereocenters. The molecule has 0 spiro atoms. The van der Waals surface area contributed by atoms with Gasteiger partial charge in [-0.05, 0) is 12.5 Å². The first-order valence-corrected chi connectivity index (χ1v) is 3.80. The number of hydrogen-bond donors (Lipinski definition) is 0. The van der Waals surface area contributed by atoms with Crippen LogP contribution < -0.4 is 0 Å². The van der Waals surface area contributed by atoms with Crippen molar-refractivity contribution in [3.8, 4) is 0 Å². The molecular formula is C8H6ClF3. The van der Waals surface area contributed by atoms with Gasteiger partial charge in [-0.2, -0.15) is 0 Å². The second kappa shape index (κ2) is 3.35. The van der Waals surface area contributed by atoms with Gasteiger partial charge in [0.25, 0.3) is 0 Å². The topological polar surface area (TPSA) is 0 Å². The van der Waals surface area contributed by atoms with Crippen molar-refractivity contribution in [2.75, 3.05) is 0 Å². The summed E-state index contributed by atoms with van der Waals surface area (Å²) in [6.07, 6.45) is 0. The highest BCUT2D eigenvalue weighted by atomic mass is 35.5. The second-order valence-electron chi connectivity index (χ2n) is 2.39. The van der Waals surface area contributed by atoms with Crippen LogP contribution in [0.1, 0.15) is 11.1 Å². The highest BCUT2D eigenvalue weighted by Crippen LogP contribution is 2.20. The Bertz CT molecular complexity index is 310. The Morgan fingerprint density at radius 1 is 1.25 bits per heavy atom. The number of hydrogen-bond acceptors (Lipinski definition) is 0. The number of halogens is 4. The minimum Gasteiger partial charge on any atom is -0.207 e. The molecule has 1 aromatic carbocycles. The number of alkyl halides is 1. The summed E-state index contributed by atoms with van der Waals surface area (Å²) in [6, 6.07) is 0.500. The lowest BCUT2D eigenvalue weighted by Crippen LogP contribution is -1.98. The summed E-state index contributed by atoms with van der Waals surface area (Å²) < 4.78 is 38.1. The lowest BCUT2D eigenvalue weighted by molar-refractivity contribution is 0.485. The summed E-state index contributed by atoms with van der Waals surface area (Å²) in [5.74, 6) is -3.18. The van der Waals surface area contributed by atoms with Crippen molar-refractivity contribution < 1.29 is 13.2 Å². The zero-order valence-electron chi connectivity index (χ0n) is 6.30. The summed E-state index contributed by atoms with van der Waals surface area (Å²) in [6.45, 7) is 1.29. The summed E-state index contributed by atoms with van der Waals surface area (Å²) in [5.41, 5.74) is -0.0573. The molecule has 0 saturated heterocycles. The van der Waals surface area contributed by atoms with Crippen molar-refractivity contribution in [2.24, 2.45) is 0 Å². The Morgan fingerprint density at radius 3 is 2.33 bits per heavy atom. The maximum atomic E-state index is 12.8. The highest BCUT2D eigenvalue weighted by molar-refractivity contribution is 6.17. The molecule has 0 heterocycles. The molecule has 0 nitrogen and oxygen atoms in total. The van der Waals surface area contributed by atoms with Crippen LogP contribution in [0.4, 0.5) is 13.2 Å². The first-order valence-electron chi connectivity index (χ1n) is 3.27. The maximum absolute atomic E-state index is 12.8. The van der Waals surface area contributed by atoms with Crippen LogP contribution in [-0.2, 0) is 5.88 Å². The summed E-state index contributed by atoms with van der Waals surface area (Å²) in [5, 5.41) is 0. The van der Waals surface area contributed by atoms with E-state index in [0.29, 0.717) is 6.07 Å². The van der Waals surface area contributed by atoms with E-state index in [-0.39, 0.29) is 17.0 Å². The smallest absolute Gasteiger partial charge is 0.162 e. The SMILES string of the molecule is Cc1c(F)c(F)cc(F)c1CCl. The first kappa shape index (κ1) is 9.39. The molecule has 0 aromatic heterocycles. The van der Waals surface area contributed by atoms with Gasteiger partial charge in [0, 0.05) is 11.6 Å². The Kier molecular flexibility index (Phi) is 2.62. The van der Waals surface area contributed by atoms with Crippen LogP contribution in [0.2, 0.25) is 0 Å². The average Bonchev–Trinajstić information content (AvgIpc) is 2.01. The minimum absolute atomic E-state index is 0.00978. The van der Waals surface area contributed by atoms with E-state index in [9.17, 15) is 13.2 Å². The van der Waals surface area contributed by atoms with Crippen molar-refractivity contribution in [2.45, 2.75) is 12.8 Å². The van der Waals surface area contributed by atoms with E-state index in [2.05, 4.69) is 0 Å². The summed E-state index contributed by atoms with van der Waals surface area (Å²) in [7, 11) is 0. The molecule has 0 unspecified atom stereocenters. The largest absolute Gasteiger partial charge is 0.207 e. The maximum Gasteiger partial charge on any atom is 0.162 e. The van der Waals surface area contributed by atoms with Crippen LogP contribution in [0.25, 0.3) is 0 Å². The Labute approximate surface area is 73.0 Å². The van der Waals surface area contributed by atoms with Gasteiger partial charge >= 0.3 is 0 Å². The van der Waals surface area contributed by atoms with Gasteiger partial charge in [-0.3, -0.25) is 0 Å². The third-order valence-corrected chi connectivity index (χ3v) is 1.93. The molecule has 0 aliphatic carbocycles. The molecule has 4 heteroatoms. The summed E-state index contributed by atoms with van der Waals surface area (Å²) >= 11 is 5.33. The van der Waals surface area contributed by atoms with Gasteiger partial charge in [0.2, 0.25) is 0 Å². The summed E-state index contributed by atoms with van der Waals surface area (Å²) in [4.78, 5) is 0. The third kappa shape index (κ3) is 1.41. The second-order valence-corrected chi connectivity index (χ2v) is 2.66. The zero-order valence-corrected chi connectivity index (χ0v) is 7.05. The standard InChI is InChI=1S/C8H6ClF3/c1-4-5(3-9)6(10)2-7(11)8(4)12/h2H,3H2,1H3. The Morgan fingerprint density at radius 2 is 1.83 bits per heavy atom. The molecule has 0 aliphatic heterocycles. The molecule has 0 aliphatic rings. The van der Waals surface area contributed by atoms with Crippen LogP contribution in [0, 0.1) is 24.4 Å². The van der Waals surface area contributed by atoms with E-state index in [1.165, 1.54) is 6.92 Å². The fourth-order valence-corrected chi connectivity index (χ4v) is 1.24. The lowest BCUT2D eigenvalue weighted by Gasteiger charge is -2.05. The van der Waals surface area contributed by atoms with Crippen molar-refractivity contribution >= 4 is 11.6 Å². The van der Waals surface area contributed by atoms with E-state index in [1.54, 1.807) is 0 Å². The van der Waals surface area contributed by atoms with Crippen LogP contribution >= 0.6 is 11.6 Å². The van der Waals surface area contributed by atoms with Gasteiger partial charge in [0.05, 0.1) is 5.88 Å². The fourth-order valence-electron chi connectivity index (χ4n) is 0.917.